The second-order valence-electron chi connectivity index (χ2n) is 5.01. The van der Waals surface area contributed by atoms with E-state index >= 15 is 0 Å². The largest absolute Gasteiger partial charge is 0.341 e. The summed E-state index contributed by atoms with van der Waals surface area (Å²) in [5, 5.41) is 5.02. The summed E-state index contributed by atoms with van der Waals surface area (Å²) in [7, 11) is -2.53. The molecule has 1 unspecified atom stereocenters. The molecule has 1 aromatic carbocycles. The van der Waals surface area contributed by atoms with Gasteiger partial charge in [0.05, 0.1) is 9.37 Å². The highest BCUT2D eigenvalue weighted by Crippen LogP contribution is 2.26. The van der Waals surface area contributed by atoms with E-state index in [2.05, 4.69) is 15.9 Å². The van der Waals surface area contributed by atoms with Gasteiger partial charge in [-0.3, -0.25) is 4.79 Å². The Morgan fingerprint density at radius 2 is 2.05 bits per heavy atom. The van der Waals surface area contributed by atoms with E-state index in [9.17, 15) is 17.6 Å². The number of benzene rings is 1. The monoisotopic (exact) mass is 380 g/mol. The highest BCUT2D eigenvalue weighted by Gasteiger charge is 2.22. The Bertz CT molecular complexity index is 649. The minimum Gasteiger partial charge on any atom is -0.341 e. The molecule has 2 N–H and O–H groups in total. The molecule has 0 saturated heterocycles. The van der Waals surface area contributed by atoms with E-state index in [0.717, 1.165) is 18.6 Å². The second-order valence-corrected chi connectivity index (χ2v) is 7.34. The van der Waals surface area contributed by atoms with Gasteiger partial charge in [-0.15, -0.1) is 0 Å². The molecule has 0 aliphatic heterocycles. The SMILES string of the molecule is CCC(C)CN(C)C(=O)c1cc(F)c(Br)c(S(N)(=O)=O)c1. The van der Waals surface area contributed by atoms with Crippen LogP contribution in [0.2, 0.25) is 0 Å². The van der Waals surface area contributed by atoms with Crippen LogP contribution in [0, 0.1) is 11.7 Å². The van der Waals surface area contributed by atoms with Crippen LogP contribution in [0.25, 0.3) is 0 Å². The van der Waals surface area contributed by atoms with Gasteiger partial charge in [0, 0.05) is 19.2 Å². The van der Waals surface area contributed by atoms with Crippen LogP contribution in [-0.4, -0.2) is 32.8 Å². The van der Waals surface area contributed by atoms with Crippen molar-refractivity contribution in [1.82, 2.24) is 4.90 Å². The Balaban J connectivity index is 3.20. The fraction of sp³-hybridized carbons (Fsp3) is 0.462. The first-order valence-corrected chi connectivity index (χ1v) is 8.69. The predicted octanol–water partition coefficient (Wildman–Crippen LogP) is 2.35. The number of hydrogen-bond donors (Lipinski definition) is 1. The Labute approximate surface area is 132 Å². The lowest BCUT2D eigenvalue weighted by Crippen LogP contribution is -2.31. The van der Waals surface area contributed by atoms with Crippen LogP contribution >= 0.6 is 15.9 Å². The number of carbonyl (C=O) groups is 1. The van der Waals surface area contributed by atoms with Gasteiger partial charge in [0.1, 0.15) is 5.82 Å². The van der Waals surface area contributed by atoms with Crippen molar-refractivity contribution in [2.24, 2.45) is 11.1 Å². The molecule has 1 rings (SSSR count). The van der Waals surface area contributed by atoms with Gasteiger partial charge in [-0.05, 0) is 34.0 Å². The van der Waals surface area contributed by atoms with Crippen molar-refractivity contribution in [3.63, 3.8) is 0 Å². The predicted molar refractivity (Wildman–Crippen MR) is 81.9 cm³/mol. The summed E-state index contributed by atoms with van der Waals surface area (Å²) in [5.41, 5.74) is -0.0504. The normalized spacial score (nSPS) is 13.0. The number of rotatable bonds is 5. The smallest absolute Gasteiger partial charge is 0.253 e. The van der Waals surface area contributed by atoms with E-state index in [1.54, 1.807) is 7.05 Å². The van der Waals surface area contributed by atoms with E-state index in [1.165, 1.54) is 4.90 Å². The van der Waals surface area contributed by atoms with Crippen LogP contribution in [-0.2, 0) is 10.0 Å². The molecule has 0 saturated carbocycles. The summed E-state index contributed by atoms with van der Waals surface area (Å²) >= 11 is 2.83. The van der Waals surface area contributed by atoms with Gasteiger partial charge in [0.15, 0.2) is 0 Å². The standard InChI is InChI=1S/C13H18BrFN2O3S/c1-4-8(2)7-17(3)13(18)9-5-10(15)12(14)11(6-9)21(16,19)20/h5-6,8H,4,7H2,1-3H3,(H2,16,19,20). The number of nitrogens with zero attached hydrogens (tertiary/aromatic N) is 1. The summed E-state index contributed by atoms with van der Waals surface area (Å²) in [6.07, 6.45) is 0.898. The number of amides is 1. The first kappa shape index (κ1) is 18.1. The second kappa shape index (κ2) is 6.85. The van der Waals surface area contributed by atoms with Crippen molar-refractivity contribution in [3.8, 4) is 0 Å². The van der Waals surface area contributed by atoms with Crippen LogP contribution < -0.4 is 5.14 Å². The van der Waals surface area contributed by atoms with Crippen molar-refractivity contribution < 1.29 is 17.6 Å². The zero-order valence-corrected chi connectivity index (χ0v) is 14.5. The average Bonchev–Trinajstić information content (AvgIpc) is 2.39. The summed E-state index contributed by atoms with van der Waals surface area (Å²) < 4.78 is 36.4. The zero-order valence-electron chi connectivity index (χ0n) is 12.1. The Morgan fingerprint density at radius 1 is 1.48 bits per heavy atom. The highest BCUT2D eigenvalue weighted by molar-refractivity contribution is 9.10. The van der Waals surface area contributed by atoms with Crippen molar-refractivity contribution >= 4 is 31.9 Å². The van der Waals surface area contributed by atoms with E-state index in [1.807, 2.05) is 13.8 Å². The summed E-state index contributed by atoms with van der Waals surface area (Å²) in [6, 6.07) is 2.08. The topological polar surface area (TPSA) is 80.5 Å². The molecule has 0 heterocycles. The quantitative estimate of drug-likeness (QED) is 0.850. The van der Waals surface area contributed by atoms with Gasteiger partial charge in [-0.1, -0.05) is 20.3 Å². The number of nitrogens with two attached hydrogens (primary N) is 1. The molecule has 0 aromatic heterocycles. The van der Waals surface area contributed by atoms with Gasteiger partial charge < -0.3 is 4.90 Å². The molecule has 0 aliphatic rings. The Morgan fingerprint density at radius 3 is 2.52 bits per heavy atom. The third-order valence-electron chi connectivity index (χ3n) is 3.18. The highest BCUT2D eigenvalue weighted by atomic mass is 79.9. The van der Waals surface area contributed by atoms with Crippen molar-refractivity contribution in [3.05, 3.63) is 28.0 Å². The first-order valence-electron chi connectivity index (χ1n) is 6.35. The molecule has 1 amide bonds. The lowest BCUT2D eigenvalue weighted by Gasteiger charge is -2.21. The summed E-state index contributed by atoms with van der Waals surface area (Å²) in [4.78, 5) is 13.2. The van der Waals surface area contributed by atoms with E-state index < -0.39 is 26.6 Å². The van der Waals surface area contributed by atoms with E-state index in [-0.39, 0.29) is 16.0 Å². The van der Waals surface area contributed by atoms with Gasteiger partial charge >= 0.3 is 0 Å². The first-order chi connectivity index (χ1) is 9.57. The fourth-order valence-corrected chi connectivity index (χ4v) is 3.34. The third-order valence-corrected chi connectivity index (χ3v) is 5.18. The maximum absolute atomic E-state index is 13.8. The summed E-state index contributed by atoms with van der Waals surface area (Å²) in [6.45, 7) is 4.49. The lowest BCUT2D eigenvalue weighted by molar-refractivity contribution is 0.0774. The van der Waals surface area contributed by atoms with Crippen LogP contribution in [0.3, 0.4) is 0 Å². The van der Waals surface area contributed by atoms with Gasteiger partial charge in [-0.2, -0.15) is 0 Å². The summed E-state index contributed by atoms with van der Waals surface area (Å²) in [5.74, 6) is -1.01. The minimum atomic E-state index is -4.12. The molecule has 1 atom stereocenters. The molecule has 8 heteroatoms. The zero-order chi connectivity index (χ0) is 16.4. The van der Waals surface area contributed by atoms with Crippen LogP contribution in [0.15, 0.2) is 21.5 Å². The molecule has 118 valence electrons. The van der Waals surface area contributed by atoms with Gasteiger partial charge in [0.25, 0.3) is 5.91 Å². The molecule has 0 bridgehead atoms. The number of halogens is 2. The van der Waals surface area contributed by atoms with Gasteiger partial charge in [-0.25, -0.2) is 17.9 Å². The number of hydrogen-bond acceptors (Lipinski definition) is 3. The molecular weight excluding hydrogens is 363 g/mol. The van der Waals surface area contributed by atoms with Crippen LogP contribution in [0.5, 0.6) is 0 Å². The van der Waals surface area contributed by atoms with E-state index in [0.29, 0.717) is 6.54 Å². The molecule has 5 nitrogen and oxygen atoms in total. The van der Waals surface area contributed by atoms with E-state index in [4.69, 9.17) is 5.14 Å². The fourth-order valence-electron chi connectivity index (χ4n) is 1.79. The molecule has 0 spiro atoms. The molecule has 1 aromatic rings. The molecule has 0 fully saturated rings. The molecule has 0 radical (unpaired) electrons. The van der Waals surface area contributed by atoms with Crippen LogP contribution in [0.1, 0.15) is 30.6 Å². The van der Waals surface area contributed by atoms with Crippen molar-refractivity contribution in [2.75, 3.05) is 13.6 Å². The number of carbonyl (C=O) groups excluding carboxylic acids is 1. The Hall–Kier alpha value is -0.990. The minimum absolute atomic E-state index is 0.0504. The molecular formula is C13H18BrFN2O3S. The Kier molecular flexibility index (Phi) is 5.89. The average molecular weight is 381 g/mol. The molecule has 0 aliphatic carbocycles. The third kappa shape index (κ3) is 4.49. The maximum atomic E-state index is 13.8. The van der Waals surface area contributed by atoms with Crippen molar-refractivity contribution in [1.29, 1.82) is 0 Å². The van der Waals surface area contributed by atoms with Gasteiger partial charge in [0.2, 0.25) is 10.0 Å². The lowest BCUT2D eigenvalue weighted by atomic mass is 10.1. The van der Waals surface area contributed by atoms with Crippen LogP contribution in [0.4, 0.5) is 4.39 Å². The molecule has 21 heavy (non-hydrogen) atoms. The van der Waals surface area contributed by atoms with Crippen molar-refractivity contribution in [2.45, 2.75) is 25.2 Å². The number of sulfonamides is 1. The number of primary sulfonamides is 1. The maximum Gasteiger partial charge on any atom is 0.253 e.